The van der Waals surface area contributed by atoms with Crippen LogP contribution in [-0.2, 0) is 9.63 Å². The molecule has 2 aromatic rings. The van der Waals surface area contributed by atoms with E-state index in [1.165, 1.54) is 14.2 Å². The fourth-order valence-corrected chi connectivity index (χ4v) is 3.18. The molecule has 2 heterocycles. The Morgan fingerprint density at radius 1 is 1.19 bits per heavy atom. The first kappa shape index (κ1) is 27.2. The number of carbonyl (C=O) groups excluding carboxylic acids is 2. The van der Waals surface area contributed by atoms with Crippen LogP contribution in [0.15, 0.2) is 30.3 Å². The highest BCUT2D eigenvalue weighted by Gasteiger charge is 2.26. The molecule has 0 aliphatic carbocycles. The Morgan fingerprint density at radius 3 is 2.59 bits per heavy atom. The van der Waals surface area contributed by atoms with Gasteiger partial charge in [0.05, 0.1) is 25.1 Å². The molecule has 0 saturated heterocycles. The normalized spacial score (nSPS) is 15.8. The zero-order chi connectivity index (χ0) is 24.1. The van der Waals surface area contributed by atoms with E-state index in [1.54, 1.807) is 10.7 Å². The third-order valence-electron chi connectivity index (χ3n) is 4.72. The summed E-state index contributed by atoms with van der Waals surface area (Å²) in [6.07, 6.45) is 3.07. The van der Waals surface area contributed by atoms with E-state index in [9.17, 15) is 9.59 Å². The third kappa shape index (κ3) is 7.37. The van der Waals surface area contributed by atoms with Crippen LogP contribution in [0.5, 0.6) is 5.75 Å². The second kappa shape index (κ2) is 14.2. The van der Waals surface area contributed by atoms with Crippen LogP contribution in [-0.4, -0.2) is 53.5 Å². The Morgan fingerprint density at radius 2 is 1.91 bits per heavy atom. The van der Waals surface area contributed by atoms with Gasteiger partial charge >= 0.3 is 0 Å². The molecule has 1 aliphatic rings. The molecular formula is C24H38N4O4. The zero-order valence-corrected chi connectivity index (χ0v) is 20.5. The zero-order valence-electron chi connectivity index (χ0n) is 20.5. The van der Waals surface area contributed by atoms with E-state index in [4.69, 9.17) is 9.57 Å². The summed E-state index contributed by atoms with van der Waals surface area (Å²) in [5.74, 6) is 0.0969. The van der Waals surface area contributed by atoms with Crippen molar-refractivity contribution in [2.75, 3.05) is 20.8 Å². The number of carbonyl (C=O) groups is 2. The monoisotopic (exact) mass is 446 g/mol. The maximum absolute atomic E-state index is 13.0. The Balaban J connectivity index is 0.00000121. The number of benzene rings is 1. The Hall–Kier alpha value is -2.87. The lowest BCUT2D eigenvalue weighted by Gasteiger charge is -2.23. The first-order valence-corrected chi connectivity index (χ1v) is 11.4. The summed E-state index contributed by atoms with van der Waals surface area (Å²) in [4.78, 5) is 30.6. The van der Waals surface area contributed by atoms with Crippen molar-refractivity contribution in [2.45, 2.75) is 66.3 Å². The number of nitrogens with one attached hydrogen (secondary N) is 1. The molecule has 1 aromatic heterocycles. The molecule has 2 bridgehead atoms. The molecular weight excluding hydrogens is 408 g/mol. The number of ether oxygens (including phenoxy) is 1. The highest BCUT2D eigenvalue weighted by molar-refractivity contribution is 5.96. The molecule has 2 amide bonds. The second-order valence-corrected chi connectivity index (χ2v) is 6.82. The fourth-order valence-electron chi connectivity index (χ4n) is 3.18. The van der Waals surface area contributed by atoms with Crippen molar-refractivity contribution in [2.24, 2.45) is 0 Å². The predicted molar refractivity (Wildman–Crippen MR) is 126 cm³/mol. The number of hydrogen-bond donors (Lipinski definition) is 1. The molecule has 1 aliphatic heterocycles. The number of aryl methyl sites for hydroxylation is 1. The summed E-state index contributed by atoms with van der Waals surface area (Å²) >= 11 is 0. The van der Waals surface area contributed by atoms with Crippen molar-refractivity contribution in [3.63, 3.8) is 0 Å². The number of nitrogens with zero attached hydrogens (tertiary/aromatic N) is 3. The van der Waals surface area contributed by atoms with Crippen molar-refractivity contribution >= 4 is 11.8 Å². The molecule has 0 fully saturated rings. The van der Waals surface area contributed by atoms with Gasteiger partial charge in [0.25, 0.3) is 11.8 Å². The SMILES string of the molecule is CC.CC.CON(C)C(=O)[C@@H]1CCCCCOc2cccc(c2)-n2nc(C)cc2C(=O)N1. The van der Waals surface area contributed by atoms with Crippen LogP contribution >= 0.6 is 0 Å². The van der Waals surface area contributed by atoms with Gasteiger partial charge in [-0.1, -0.05) is 40.2 Å². The number of hydroxylamine groups is 2. The smallest absolute Gasteiger partial charge is 0.270 e. The van der Waals surface area contributed by atoms with E-state index in [0.29, 0.717) is 24.4 Å². The quantitative estimate of drug-likeness (QED) is 0.695. The molecule has 0 radical (unpaired) electrons. The summed E-state index contributed by atoms with van der Waals surface area (Å²) < 4.78 is 7.41. The van der Waals surface area contributed by atoms with Crippen molar-refractivity contribution < 1.29 is 19.2 Å². The van der Waals surface area contributed by atoms with E-state index in [1.807, 2.05) is 58.9 Å². The van der Waals surface area contributed by atoms with Gasteiger partial charge in [0, 0.05) is 13.1 Å². The number of rotatable bonds is 2. The first-order valence-electron chi connectivity index (χ1n) is 11.4. The predicted octanol–water partition coefficient (Wildman–Crippen LogP) is 4.30. The van der Waals surface area contributed by atoms with E-state index in [2.05, 4.69) is 10.4 Å². The topological polar surface area (TPSA) is 85.7 Å². The minimum absolute atomic E-state index is 0.288. The summed E-state index contributed by atoms with van der Waals surface area (Å²) in [5, 5.41) is 8.45. The summed E-state index contributed by atoms with van der Waals surface area (Å²) in [6, 6.07) is 8.52. The Kier molecular flexibility index (Phi) is 12.1. The highest BCUT2D eigenvalue weighted by atomic mass is 16.7. The van der Waals surface area contributed by atoms with Crippen LogP contribution in [0.3, 0.4) is 0 Å². The molecule has 8 heteroatoms. The summed E-state index contributed by atoms with van der Waals surface area (Å²) in [5.41, 5.74) is 1.80. The lowest BCUT2D eigenvalue weighted by Crippen LogP contribution is -2.47. The van der Waals surface area contributed by atoms with Crippen LogP contribution in [0.1, 0.15) is 69.6 Å². The van der Waals surface area contributed by atoms with Gasteiger partial charge in [0.15, 0.2) is 0 Å². The van der Waals surface area contributed by atoms with Gasteiger partial charge in [-0.25, -0.2) is 9.75 Å². The van der Waals surface area contributed by atoms with Gasteiger partial charge in [0.1, 0.15) is 17.5 Å². The molecule has 1 atom stereocenters. The summed E-state index contributed by atoms with van der Waals surface area (Å²) in [7, 11) is 2.96. The van der Waals surface area contributed by atoms with Gasteiger partial charge in [-0.3, -0.25) is 14.4 Å². The number of hydrogen-bond acceptors (Lipinski definition) is 5. The standard InChI is InChI=1S/C20H26N4O4.2C2H6/c1-14-12-18-19(25)21-17(20(26)23(2)27-3)10-5-4-6-11-28-16-9-7-8-15(13-16)24(18)22-14;2*1-2/h7-9,12-13,17H,4-6,10-11H2,1-3H3,(H,21,25);2*1-2H3/t17-;;/m0../s1. The maximum Gasteiger partial charge on any atom is 0.270 e. The summed E-state index contributed by atoms with van der Waals surface area (Å²) in [6.45, 7) is 10.4. The van der Waals surface area contributed by atoms with Crippen molar-refractivity contribution in [3.8, 4) is 11.4 Å². The Bertz CT molecular complexity index is 850. The van der Waals surface area contributed by atoms with E-state index in [0.717, 1.165) is 35.8 Å². The van der Waals surface area contributed by atoms with Crippen LogP contribution < -0.4 is 10.1 Å². The average Bonchev–Trinajstić information content (AvgIpc) is 3.23. The molecule has 0 saturated carbocycles. The molecule has 1 aromatic carbocycles. The lowest BCUT2D eigenvalue weighted by atomic mass is 10.1. The largest absolute Gasteiger partial charge is 0.494 e. The van der Waals surface area contributed by atoms with Crippen molar-refractivity contribution in [3.05, 3.63) is 41.7 Å². The molecule has 0 unspecified atom stereocenters. The third-order valence-corrected chi connectivity index (χ3v) is 4.72. The van der Waals surface area contributed by atoms with Crippen molar-refractivity contribution in [1.29, 1.82) is 0 Å². The number of amides is 2. The molecule has 8 nitrogen and oxygen atoms in total. The lowest BCUT2D eigenvalue weighted by molar-refractivity contribution is -0.171. The highest BCUT2D eigenvalue weighted by Crippen LogP contribution is 2.20. The maximum atomic E-state index is 13.0. The number of aromatic nitrogens is 2. The minimum atomic E-state index is -0.670. The van der Waals surface area contributed by atoms with Crippen molar-refractivity contribution in [1.82, 2.24) is 20.2 Å². The molecule has 32 heavy (non-hydrogen) atoms. The van der Waals surface area contributed by atoms with Crippen LogP contribution in [0.2, 0.25) is 0 Å². The average molecular weight is 447 g/mol. The Labute approximate surface area is 191 Å². The van der Waals surface area contributed by atoms with E-state index < -0.39 is 6.04 Å². The molecule has 3 rings (SSSR count). The van der Waals surface area contributed by atoms with Gasteiger partial charge in [-0.05, 0) is 44.4 Å². The minimum Gasteiger partial charge on any atom is -0.494 e. The molecule has 0 spiro atoms. The number of fused-ring (bicyclic) bond motifs is 4. The van der Waals surface area contributed by atoms with Gasteiger partial charge < -0.3 is 10.1 Å². The number of likely N-dealkylation sites (N-methyl/N-ethyl adjacent to an activating group) is 1. The van der Waals surface area contributed by atoms with E-state index in [-0.39, 0.29) is 11.8 Å². The molecule has 178 valence electrons. The van der Waals surface area contributed by atoms with Gasteiger partial charge in [-0.15, -0.1) is 0 Å². The second-order valence-electron chi connectivity index (χ2n) is 6.82. The fraction of sp³-hybridized carbons (Fsp3) is 0.542. The first-order chi connectivity index (χ1) is 15.5. The van der Waals surface area contributed by atoms with E-state index >= 15 is 0 Å². The van der Waals surface area contributed by atoms with Gasteiger partial charge in [-0.2, -0.15) is 5.10 Å². The van der Waals surface area contributed by atoms with Gasteiger partial charge in [0.2, 0.25) is 0 Å². The van der Waals surface area contributed by atoms with Crippen LogP contribution in [0, 0.1) is 6.92 Å². The van der Waals surface area contributed by atoms with Crippen LogP contribution in [0.4, 0.5) is 0 Å². The molecule has 1 N–H and O–H groups in total. The van der Waals surface area contributed by atoms with Crippen LogP contribution in [0.25, 0.3) is 5.69 Å².